The van der Waals surface area contributed by atoms with Crippen LogP contribution in [0.3, 0.4) is 0 Å². The van der Waals surface area contributed by atoms with Crippen molar-refractivity contribution >= 4 is 32.3 Å². The van der Waals surface area contributed by atoms with Gasteiger partial charge in [0.15, 0.2) is 0 Å². The van der Waals surface area contributed by atoms with Crippen LogP contribution < -0.4 is 0 Å². The third-order valence-corrected chi connectivity index (χ3v) is 12.0. The molecule has 0 aromatic heterocycles. The van der Waals surface area contributed by atoms with Crippen molar-refractivity contribution in [1.82, 2.24) is 0 Å². The second kappa shape index (κ2) is 15.2. The van der Waals surface area contributed by atoms with E-state index >= 15 is 0 Å². The average Bonchev–Trinajstić information content (AvgIpc) is 3.33. The van der Waals surface area contributed by atoms with E-state index in [-0.39, 0.29) is 0 Å². The summed E-state index contributed by atoms with van der Waals surface area (Å²) in [6, 6.07) is 89.0. The molecule has 0 aliphatic heterocycles. The van der Waals surface area contributed by atoms with Gasteiger partial charge < -0.3 is 0 Å². The maximum atomic E-state index is 2.47. The lowest BCUT2D eigenvalue weighted by atomic mass is 9.84. The van der Waals surface area contributed by atoms with Crippen molar-refractivity contribution in [1.29, 1.82) is 0 Å². The van der Waals surface area contributed by atoms with E-state index in [4.69, 9.17) is 0 Å². The third-order valence-electron chi connectivity index (χ3n) is 12.0. The summed E-state index contributed by atoms with van der Waals surface area (Å²) in [6.07, 6.45) is 0. The molecule has 0 aliphatic carbocycles. The van der Waals surface area contributed by atoms with Crippen LogP contribution in [0, 0.1) is 0 Å². The first kappa shape index (κ1) is 35.4. The van der Waals surface area contributed by atoms with Gasteiger partial charge in [0.1, 0.15) is 0 Å². The monoisotopic (exact) mass is 760 g/mol. The molecule has 11 aromatic carbocycles. The highest BCUT2D eigenvalue weighted by Gasteiger charge is 2.18. The smallest absolute Gasteiger partial charge is 0.00262 e. The van der Waals surface area contributed by atoms with Crippen LogP contribution in [0.25, 0.3) is 110 Å². The van der Waals surface area contributed by atoms with Crippen molar-refractivity contribution in [3.63, 3.8) is 0 Å². The van der Waals surface area contributed by atoms with Crippen molar-refractivity contribution in [2.24, 2.45) is 0 Å². The molecule has 11 aromatic rings. The first-order valence-electron chi connectivity index (χ1n) is 20.7. The lowest BCUT2D eigenvalue weighted by Crippen LogP contribution is -1.92. The van der Waals surface area contributed by atoms with Gasteiger partial charge in [0, 0.05) is 0 Å². The highest BCUT2D eigenvalue weighted by molar-refractivity contribution is 6.19. The molecular weight excluding hydrogens is 721 g/mol. The van der Waals surface area contributed by atoms with Gasteiger partial charge in [-0.05, 0) is 159 Å². The number of benzene rings is 11. The van der Waals surface area contributed by atoms with E-state index in [2.05, 4.69) is 243 Å². The molecule has 0 spiro atoms. The summed E-state index contributed by atoms with van der Waals surface area (Å²) in [6.45, 7) is 0. The quantitative estimate of drug-likeness (QED) is 0.142. The molecule has 0 heterocycles. The molecule has 0 nitrogen and oxygen atoms in total. The second-order valence-corrected chi connectivity index (χ2v) is 15.7. The zero-order valence-electron chi connectivity index (χ0n) is 33.1. The second-order valence-electron chi connectivity index (χ2n) is 15.7. The highest BCUT2D eigenvalue weighted by atomic mass is 14.2. The van der Waals surface area contributed by atoms with E-state index < -0.39 is 0 Å². The number of fused-ring (bicyclic) bond motifs is 3. The normalized spacial score (nSPS) is 11.3. The van der Waals surface area contributed by atoms with Gasteiger partial charge in [-0.2, -0.15) is 0 Å². The SMILES string of the molecule is c1ccc(-c2cc(-c3ccccc3)cc(-c3cccc4c(-c5ccc6ccccc6c5)c5cccc(-c6cc(-c7ccccc7)cc(-c7ccccc7)c6)c5cc34)c2)cc1. The Hall–Kier alpha value is -7.80. The lowest BCUT2D eigenvalue weighted by Gasteiger charge is -2.19. The molecule has 0 unspecified atom stereocenters. The van der Waals surface area contributed by atoms with Crippen molar-refractivity contribution in [3.05, 3.63) is 243 Å². The summed E-state index contributed by atoms with van der Waals surface area (Å²) in [7, 11) is 0. The molecule has 0 atom stereocenters. The molecule has 60 heavy (non-hydrogen) atoms. The molecule has 0 saturated heterocycles. The van der Waals surface area contributed by atoms with Crippen molar-refractivity contribution in [2.75, 3.05) is 0 Å². The molecule has 0 fully saturated rings. The molecule has 0 aliphatic rings. The largest absolute Gasteiger partial charge is 0.0622 e. The summed E-state index contributed by atoms with van der Waals surface area (Å²) in [5.41, 5.74) is 16.9. The molecule has 0 heteroatoms. The first-order chi connectivity index (χ1) is 29.7. The van der Waals surface area contributed by atoms with Crippen LogP contribution >= 0.6 is 0 Å². The van der Waals surface area contributed by atoms with Gasteiger partial charge in [-0.25, -0.2) is 0 Å². The molecule has 0 bridgehead atoms. The predicted octanol–water partition coefficient (Wildman–Crippen LogP) is 16.8. The molecule has 0 saturated carbocycles. The summed E-state index contributed by atoms with van der Waals surface area (Å²) in [4.78, 5) is 0. The molecule has 0 N–H and O–H groups in total. The van der Waals surface area contributed by atoms with Gasteiger partial charge in [-0.1, -0.05) is 194 Å². The van der Waals surface area contributed by atoms with Gasteiger partial charge in [-0.15, -0.1) is 0 Å². The van der Waals surface area contributed by atoms with Crippen LogP contribution in [0.2, 0.25) is 0 Å². The van der Waals surface area contributed by atoms with Crippen molar-refractivity contribution in [3.8, 4) is 77.9 Å². The zero-order chi connectivity index (χ0) is 39.8. The minimum atomic E-state index is 1.19. The van der Waals surface area contributed by atoms with Crippen molar-refractivity contribution in [2.45, 2.75) is 0 Å². The van der Waals surface area contributed by atoms with E-state index in [0.717, 1.165) is 0 Å². The number of hydrogen-bond donors (Lipinski definition) is 0. The van der Waals surface area contributed by atoms with Crippen LogP contribution in [0.4, 0.5) is 0 Å². The maximum Gasteiger partial charge on any atom is -0.00262 e. The maximum absolute atomic E-state index is 2.47. The van der Waals surface area contributed by atoms with Crippen molar-refractivity contribution < 1.29 is 0 Å². The van der Waals surface area contributed by atoms with Gasteiger partial charge in [0.05, 0.1) is 0 Å². The Labute approximate surface area is 351 Å². The Balaban J connectivity index is 1.22. The minimum Gasteiger partial charge on any atom is -0.0622 e. The lowest BCUT2D eigenvalue weighted by molar-refractivity contribution is 1.57. The summed E-state index contributed by atoms with van der Waals surface area (Å²) in [5, 5.41) is 7.41. The number of hydrogen-bond acceptors (Lipinski definition) is 0. The topological polar surface area (TPSA) is 0 Å². The van der Waals surface area contributed by atoms with Gasteiger partial charge in [0.2, 0.25) is 0 Å². The Kier molecular flexibility index (Phi) is 8.95. The van der Waals surface area contributed by atoms with Crippen LogP contribution in [0.5, 0.6) is 0 Å². The van der Waals surface area contributed by atoms with Gasteiger partial charge in [0.25, 0.3) is 0 Å². The fraction of sp³-hybridized carbons (Fsp3) is 0. The minimum absolute atomic E-state index is 1.19. The summed E-state index contributed by atoms with van der Waals surface area (Å²) in [5.74, 6) is 0. The third kappa shape index (κ3) is 6.55. The number of rotatable bonds is 7. The molecule has 0 radical (unpaired) electrons. The Morgan fingerprint density at radius 3 is 0.950 bits per heavy atom. The van der Waals surface area contributed by atoms with Gasteiger partial charge in [-0.3, -0.25) is 0 Å². The van der Waals surface area contributed by atoms with Crippen LogP contribution in [0.1, 0.15) is 0 Å². The summed E-state index contributed by atoms with van der Waals surface area (Å²) < 4.78 is 0. The van der Waals surface area contributed by atoms with Crippen LogP contribution in [-0.2, 0) is 0 Å². The Morgan fingerprint density at radius 2 is 0.533 bits per heavy atom. The Bertz CT molecular complexity index is 3030. The van der Waals surface area contributed by atoms with Crippen LogP contribution in [-0.4, -0.2) is 0 Å². The van der Waals surface area contributed by atoms with E-state index in [1.807, 2.05) is 0 Å². The van der Waals surface area contributed by atoms with E-state index in [1.165, 1.54) is 110 Å². The van der Waals surface area contributed by atoms with E-state index in [0.29, 0.717) is 0 Å². The average molecular weight is 761 g/mol. The highest BCUT2D eigenvalue weighted by Crippen LogP contribution is 2.45. The zero-order valence-corrected chi connectivity index (χ0v) is 33.1. The first-order valence-corrected chi connectivity index (χ1v) is 20.7. The molecular formula is C60H40. The summed E-state index contributed by atoms with van der Waals surface area (Å²) >= 11 is 0. The fourth-order valence-electron chi connectivity index (χ4n) is 9.08. The van der Waals surface area contributed by atoms with E-state index in [9.17, 15) is 0 Å². The molecule has 280 valence electrons. The molecule has 11 rings (SSSR count). The molecule has 0 amide bonds. The van der Waals surface area contributed by atoms with Gasteiger partial charge >= 0.3 is 0 Å². The van der Waals surface area contributed by atoms with E-state index in [1.54, 1.807) is 0 Å². The predicted molar refractivity (Wildman–Crippen MR) is 257 cm³/mol. The fourth-order valence-corrected chi connectivity index (χ4v) is 9.08. The standard InChI is InChI=1S/C60H40/c1-5-17-41(18-6-1)48-34-49(42-19-7-2-8-20-42)37-52(36-48)54-27-15-29-56-58(54)40-59-55(28-16-30-57(59)60(56)47-32-31-45-25-13-14-26-46(45)33-47)53-38-50(43-21-9-3-10-22-43)35-51(39-53)44-23-11-4-12-24-44/h1-40H. The Morgan fingerprint density at radius 1 is 0.167 bits per heavy atom. The van der Waals surface area contributed by atoms with Crippen LogP contribution in [0.15, 0.2) is 243 Å².